The maximum Gasteiger partial charge on any atom is 0.0788 e. The van der Waals surface area contributed by atoms with Gasteiger partial charge in [-0.25, -0.2) is 0 Å². The quantitative estimate of drug-likeness (QED) is 0.362. The molecule has 0 aliphatic carbocycles. The third-order valence-electron chi connectivity index (χ3n) is 5.24. The van der Waals surface area contributed by atoms with Gasteiger partial charge in [0.05, 0.1) is 26.2 Å². The van der Waals surface area contributed by atoms with Gasteiger partial charge in [0.15, 0.2) is 0 Å². The van der Waals surface area contributed by atoms with E-state index in [2.05, 4.69) is 13.8 Å². The molecule has 1 rings (SSSR count). The zero-order chi connectivity index (χ0) is 14.5. The Kier molecular flexibility index (Phi) is 13.5. The molecule has 0 aromatic heterocycles. The van der Waals surface area contributed by atoms with Gasteiger partial charge < -0.3 is 9.19 Å². The molecule has 0 atom stereocenters. The van der Waals surface area contributed by atoms with E-state index in [1.807, 2.05) is 0 Å². The second kappa shape index (κ2) is 13.5. The molecule has 128 valence electrons. The number of hydrogen-bond acceptors (Lipinski definition) is 0. The summed E-state index contributed by atoms with van der Waals surface area (Å²) in [6, 6.07) is 0. The first kappa shape index (κ1) is 20.9. The molecule has 0 amide bonds. The van der Waals surface area contributed by atoms with Gasteiger partial charge in [-0.1, -0.05) is 65.2 Å². The molecule has 21 heavy (non-hydrogen) atoms. The number of rotatable bonds is 13. The lowest BCUT2D eigenvalue weighted by Gasteiger charge is -2.34. The van der Waals surface area contributed by atoms with E-state index in [1.54, 1.807) is 0 Å². The molecule has 0 saturated carbocycles. The average molecular weight is 302 g/mol. The van der Waals surface area contributed by atoms with Crippen LogP contribution in [0.5, 0.6) is 0 Å². The molecule has 1 heterocycles. The first-order chi connectivity index (χ1) is 9.83. The Hall–Kier alpha value is -0.110. The Morgan fingerprint density at radius 3 is 1.52 bits per heavy atom. The standard InChI is InChI=1S/C19H40N.FH/c1-3-5-7-8-9-10-11-12-13-17-20(16-6-4-2)18-14-15-19-20;/h3-19H2,1-2H3;1H/q+1;/p-1. The largest absolute Gasteiger partial charge is 1.00 e. The van der Waals surface area contributed by atoms with Crippen molar-refractivity contribution in [2.75, 3.05) is 26.2 Å². The molecule has 1 aliphatic rings. The predicted molar refractivity (Wildman–Crippen MR) is 91.1 cm³/mol. The molecule has 1 fully saturated rings. The normalized spacial score (nSPS) is 16.9. The highest BCUT2D eigenvalue weighted by Crippen LogP contribution is 2.22. The Balaban J connectivity index is 0.00000400. The van der Waals surface area contributed by atoms with Crippen molar-refractivity contribution in [2.45, 2.75) is 97.3 Å². The second-order valence-electron chi connectivity index (χ2n) is 7.13. The smallest absolute Gasteiger partial charge is 0.0788 e. The van der Waals surface area contributed by atoms with Crippen LogP contribution in [-0.4, -0.2) is 30.7 Å². The Morgan fingerprint density at radius 1 is 0.571 bits per heavy atom. The maximum absolute atomic E-state index is 2.34. The monoisotopic (exact) mass is 301 g/mol. The van der Waals surface area contributed by atoms with Gasteiger partial charge in [-0.05, 0) is 19.3 Å². The zero-order valence-corrected chi connectivity index (χ0v) is 14.8. The molecule has 1 aliphatic heterocycles. The number of unbranched alkanes of at least 4 members (excludes halogenated alkanes) is 9. The molecule has 1 nitrogen and oxygen atoms in total. The van der Waals surface area contributed by atoms with Gasteiger partial charge in [0.1, 0.15) is 0 Å². The van der Waals surface area contributed by atoms with Crippen LogP contribution in [0.1, 0.15) is 97.3 Å². The fourth-order valence-electron chi connectivity index (χ4n) is 3.82. The van der Waals surface area contributed by atoms with Crippen molar-refractivity contribution >= 4 is 0 Å². The molecule has 0 aromatic rings. The van der Waals surface area contributed by atoms with Crippen molar-refractivity contribution in [1.82, 2.24) is 0 Å². The van der Waals surface area contributed by atoms with Gasteiger partial charge in [0.25, 0.3) is 0 Å². The molecule has 1 saturated heterocycles. The first-order valence-electron chi connectivity index (χ1n) is 9.68. The molecule has 0 radical (unpaired) electrons. The molecule has 0 spiro atoms. The number of likely N-dealkylation sites (tertiary alicyclic amines) is 1. The van der Waals surface area contributed by atoms with Crippen LogP contribution in [0, 0.1) is 0 Å². The van der Waals surface area contributed by atoms with Gasteiger partial charge in [-0.2, -0.15) is 0 Å². The van der Waals surface area contributed by atoms with Crippen molar-refractivity contribution in [3.8, 4) is 0 Å². The summed E-state index contributed by atoms with van der Waals surface area (Å²) in [5, 5.41) is 0. The molecular formula is C19H40FN. The molecule has 2 heteroatoms. The van der Waals surface area contributed by atoms with Gasteiger partial charge >= 0.3 is 0 Å². The number of nitrogens with zero attached hydrogens (tertiary/aromatic N) is 1. The van der Waals surface area contributed by atoms with Crippen LogP contribution in [0.25, 0.3) is 0 Å². The van der Waals surface area contributed by atoms with Crippen LogP contribution in [0.4, 0.5) is 0 Å². The van der Waals surface area contributed by atoms with Crippen LogP contribution >= 0.6 is 0 Å². The summed E-state index contributed by atoms with van der Waals surface area (Å²) >= 11 is 0. The summed E-state index contributed by atoms with van der Waals surface area (Å²) in [7, 11) is 0. The van der Waals surface area contributed by atoms with Gasteiger partial charge in [0, 0.05) is 12.8 Å². The van der Waals surface area contributed by atoms with Crippen molar-refractivity contribution < 1.29 is 9.19 Å². The van der Waals surface area contributed by atoms with E-state index in [4.69, 9.17) is 0 Å². The number of quaternary nitrogens is 1. The molecule has 0 aromatic carbocycles. The lowest BCUT2D eigenvalue weighted by Crippen LogP contribution is -3.00. The van der Waals surface area contributed by atoms with Crippen LogP contribution in [0.15, 0.2) is 0 Å². The Bertz CT molecular complexity index is 212. The first-order valence-corrected chi connectivity index (χ1v) is 9.68. The maximum atomic E-state index is 2.34. The van der Waals surface area contributed by atoms with E-state index in [1.165, 1.54) is 114 Å². The highest BCUT2D eigenvalue weighted by molar-refractivity contribution is 4.56. The molecule has 0 bridgehead atoms. The fourth-order valence-corrected chi connectivity index (χ4v) is 3.82. The SMILES string of the molecule is CCCCCCCCCCC[N+]1(CCCC)CCCC1.[F-]. The predicted octanol–water partition coefficient (Wildman–Crippen LogP) is 2.93. The van der Waals surface area contributed by atoms with E-state index < -0.39 is 0 Å². The molecule has 0 N–H and O–H groups in total. The molecule has 0 unspecified atom stereocenters. The van der Waals surface area contributed by atoms with E-state index in [9.17, 15) is 0 Å². The minimum absolute atomic E-state index is 0. The van der Waals surface area contributed by atoms with Crippen LogP contribution < -0.4 is 4.70 Å². The second-order valence-corrected chi connectivity index (χ2v) is 7.13. The third-order valence-corrected chi connectivity index (χ3v) is 5.24. The highest BCUT2D eigenvalue weighted by Gasteiger charge is 2.30. The van der Waals surface area contributed by atoms with Crippen molar-refractivity contribution in [2.24, 2.45) is 0 Å². The lowest BCUT2D eigenvalue weighted by molar-refractivity contribution is -0.917. The third kappa shape index (κ3) is 9.50. The number of hydrogen-bond donors (Lipinski definition) is 0. The summed E-state index contributed by atoms with van der Waals surface area (Å²) in [6.07, 6.45) is 19.0. The summed E-state index contributed by atoms with van der Waals surface area (Å²) in [4.78, 5) is 0. The minimum Gasteiger partial charge on any atom is -1.00 e. The van der Waals surface area contributed by atoms with Crippen molar-refractivity contribution in [3.05, 3.63) is 0 Å². The zero-order valence-electron chi connectivity index (χ0n) is 14.8. The highest BCUT2D eigenvalue weighted by atomic mass is 19.0. The minimum atomic E-state index is 0. The van der Waals surface area contributed by atoms with E-state index in [-0.39, 0.29) is 4.70 Å². The molecular weight excluding hydrogens is 261 g/mol. The lowest BCUT2D eigenvalue weighted by atomic mass is 10.1. The Labute approximate surface area is 133 Å². The van der Waals surface area contributed by atoms with Gasteiger partial charge in [-0.15, -0.1) is 0 Å². The summed E-state index contributed by atoms with van der Waals surface area (Å²) in [5.74, 6) is 0. The summed E-state index contributed by atoms with van der Waals surface area (Å²) in [6.45, 7) is 10.6. The van der Waals surface area contributed by atoms with E-state index >= 15 is 0 Å². The van der Waals surface area contributed by atoms with Gasteiger partial charge in [0.2, 0.25) is 0 Å². The van der Waals surface area contributed by atoms with Crippen LogP contribution in [0.2, 0.25) is 0 Å². The summed E-state index contributed by atoms with van der Waals surface area (Å²) in [5.41, 5.74) is 0. The summed E-state index contributed by atoms with van der Waals surface area (Å²) < 4.78 is 1.48. The Morgan fingerprint density at radius 2 is 1.00 bits per heavy atom. The van der Waals surface area contributed by atoms with Crippen molar-refractivity contribution in [1.29, 1.82) is 0 Å². The van der Waals surface area contributed by atoms with E-state index in [0.717, 1.165) is 0 Å². The fraction of sp³-hybridized carbons (Fsp3) is 1.00. The average Bonchev–Trinajstić information content (AvgIpc) is 2.93. The van der Waals surface area contributed by atoms with Crippen molar-refractivity contribution in [3.63, 3.8) is 0 Å². The van der Waals surface area contributed by atoms with Crippen LogP contribution in [-0.2, 0) is 0 Å². The van der Waals surface area contributed by atoms with Crippen LogP contribution in [0.3, 0.4) is 0 Å². The number of halogens is 1. The topological polar surface area (TPSA) is 0 Å². The van der Waals surface area contributed by atoms with Gasteiger partial charge in [-0.3, -0.25) is 0 Å². The van der Waals surface area contributed by atoms with E-state index in [0.29, 0.717) is 0 Å².